The van der Waals surface area contributed by atoms with Gasteiger partial charge in [0.05, 0.1) is 0 Å². The monoisotopic (exact) mass is 421 g/mol. The zero-order valence-electron chi connectivity index (χ0n) is 19.4. The molecule has 31 heavy (non-hydrogen) atoms. The number of aryl methyl sites for hydroxylation is 3. The Morgan fingerprint density at radius 1 is 1.10 bits per heavy atom. The number of piperazine rings is 1. The molecule has 0 spiro atoms. The number of hydrogen-bond donors (Lipinski definition) is 1. The predicted octanol–water partition coefficient (Wildman–Crippen LogP) is 3.98. The van der Waals surface area contributed by atoms with Crippen LogP contribution in [-0.2, 0) is 12.8 Å². The molecular formula is C25H35N5O. The topological polar surface area (TPSA) is 61.4 Å². The van der Waals surface area contributed by atoms with Crippen LogP contribution in [0.4, 0.5) is 10.6 Å². The van der Waals surface area contributed by atoms with Gasteiger partial charge < -0.3 is 15.1 Å². The van der Waals surface area contributed by atoms with E-state index in [4.69, 9.17) is 9.97 Å². The Bertz CT molecular complexity index is 945. The lowest BCUT2D eigenvalue weighted by molar-refractivity contribution is 0.195. The molecule has 2 heterocycles. The fourth-order valence-corrected chi connectivity index (χ4v) is 4.36. The summed E-state index contributed by atoms with van der Waals surface area (Å²) < 4.78 is 0. The average molecular weight is 422 g/mol. The lowest BCUT2D eigenvalue weighted by Crippen LogP contribution is -2.52. The summed E-state index contributed by atoms with van der Waals surface area (Å²) in [5, 5.41) is 2.92. The van der Waals surface area contributed by atoms with Crippen LogP contribution in [-0.4, -0.2) is 53.6 Å². The molecule has 1 aromatic heterocycles. The second-order valence-electron chi connectivity index (χ2n) is 8.87. The Morgan fingerprint density at radius 3 is 2.48 bits per heavy atom. The first-order valence-corrected chi connectivity index (χ1v) is 11.7. The fourth-order valence-electron chi connectivity index (χ4n) is 4.36. The van der Waals surface area contributed by atoms with Gasteiger partial charge in [0.1, 0.15) is 11.6 Å². The molecule has 1 saturated heterocycles. The number of hydrogen-bond acceptors (Lipinski definition) is 4. The fraction of sp³-hybridized carbons (Fsp3) is 0.560. The Morgan fingerprint density at radius 2 is 1.84 bits per heavy atom. The van der Waals surface area contributed by atoms with E-state index in [0.717, 1.165) is 50.7 Å². The van der Waals surface area contributed by atoms with E-state index >= 15 is 0 Å². The van der Waals surface area contributed by atoms with Crippen molar-refractivity contribution in [3.8, 4) is 0 Å². The van der Waals surface area contributed by atoms with Crippen molar-refractivity contribution in [2.75, 3.05) is 37.6 Å². The number of amides is 2. The number of rotatable bonds is 6. The van der Waals surface area contributed by atoms with Gasteiger partial charge in [-0.2, -0.15) is 0 Å². The van der Waals surface area contributed by atoms with E-state index in [1.165, 1.54) is 40.8 Å². The number of aromatic nitrogens is 2. The SMILES string of the molecule is CCNC(=O)N1CCN(c2nc(C3CC3)nc(CC)c2Cc2cc(C)ccc2C)CC1. The number of carbonyl (C=O) groups excluding carboxylic acids is 1. The van der Waals surface area contributed by atoms with Crippen LogP contribution in [0.2, 0.25) is 0 Å². The zero-order valence-corrected chi connectivity index (χ0v) is 19.4. The molecular weight excluding hydrogens is 386 g/mol. The van der Waals surface area contributed by atoms with E-state index in [1.54, 1.807) is 0 Å². The molecule has 1 aliphatic heterocycles. The van der Waals surface area contributed by atoms with Gasteiger partial charge in [-0.3, -0.25) is 0 Å². The molecule has 0 atom stereocenters. The third-order valence-corrected chi connectivity index (χ3v) is 6.43. The molecule has 2 aliphatic rings. The van der Waals surface area contributed by atoms with Gasteiger partial charge in [0.25, 0.3) is 0 Å². The third-order valence-electron chi connectivity index (χ3n) is 6.43. The van der Waals surface area contributed by atoms with Crippen molar-refractivity contribution in [2.24, 2.45) is 0 Å². The van der Waals surface area contributed by atoms with Gasteiger partial charge in [0.2, 0.25) is 0 Å². The molecule has 0 unspecified atom stereocenters. The second-order valence-corrected chi connectivity index (χ2v) is 8.87. The Hall–Kier alpha value is -2.63. The quantitative estimate of drug-likeness (QED) is 0.767. The van der Waals surface area contributed by atoms with Gasteiger partial charge in [-0.25, -0.2) is 14.8 Å². The highest BCUT2D eigenvalue weighted by Gasteiger charge is 2.31. The summed E-state index contributed by atoms with van der Waals surface area (Å²) in [5.41, 5.74) is 6.38. The lowest BCUT2D eigenvalue weighted by atomic mass is 9.96. The Balaban J connectivity index is 1.66. The highest BCUT2D eigenvalue weighted by molar-refractivity contribution is 5.74. The molecule has 2 fully saturated rings. The minimum Gasteiger partial charge on any atom is -0.353 e. The van der Waals surface area contributed by atoms with Gasteiger partial charge >= 0.3 is 6.03 Å². The summed E-state index contributed by atoms with van der Waals surface area (Å²) in [6.07, 6.45) is 4.16. The summed E-state index contributed by atoms with van der Waals surface area (Å²) in [5.74, 6) is 2.63. The minimum absolute atomic E-state index is 0.0355. The molecule has 1 saturated carbocycles. The van der Waals surface area contributed by atoms with Crippen molar-refractivity contribution < 1.29 is 4.79 Å². The number of carbonyl (C=O) groups is 1. The number of benzene rings is 1. The number of nitrogens with one attached hydrogen (secondary N) is 1. The van der Waals surface area contributed by atoms with Crippen LogP contribution in [0.5, 0.6) is 0 Å². The van der Waals surface area contributed by atoms with E-state index in [0.29, 0.717) is 12.5 Å². The van der Waals surface area contributed by atoms with E-state index in [2.05, 4.69) is 49.2 Å². The van der Waals surface area contributed by atoms with Crippen LogP contribution in [0.1, 0.15) is 66.4 Å². The first-order chi connectivity index (χ1) is 15.0. The first-order valence-electron chi connectivity index (χ1n) is 11.7. The van der Waals surface area contributed by atoms with Crippen LogP contribution in [0.25, 0.3) is 0 Å². The molecule has 6 nitrogen and oxygen atoms in total. The molecule has 0 bridgehead atoms. The summed E-state index contributed by atoms with van der Waals surface area (Å²) in [6.45, 7) is 12.2. The van der Waals surface area contributed by atoms with E-state index in [9.17, 15) is 4.79 Å². The second kappa shape index (κ2) is 9.25. The van der Waals surface area contributed by atoms with Crippen LogP contribution < -0.4 is 10.2 Å². The van der Waals surface area contributed by atoms with Crippen molar-refractivity contribution in [3.05, 3.63) is 52.0 Å². The van der Waals surface area contributed by atoms with Crippen molar-refractivity contribution >= 4 is 11.8 Å². The van der Waals surface area contributed by atoms with Crippen molar-refractivity contribution in [2.45, 2.75) is 59.3 Å². The van der Waals surface area contributed by atoms with Crippen LogP contribution >= 0.6 is 0 Å². The molecule has 4 rings (SSSR count). The number of urea groups is 1. The van der Waals surface area contributed by atoms with Gasteiger partial charge in [0.15, 0.2) is 0 Å². The molecule has 1 aliphatic carbocycles. The van der Waals surface area contributed by atoms with Gasteiger partial charge in [-0.15, -0.1) is 0 Å². The predicted molar refractivity (Wildman–Crippen MR) is 125 cm³/mol. The van der Waals surface area contributed by atoms with Gasteiger partial charge in [-0.05, 0) is 51.2 Å². The minimum atomic E-state index is 0.0355. The summed E-state index contributed by atoms with van der Waals surface area (Å²) in [7, 11) is 0. The van der Waals surface area contributed by atoms with E-state index < -0.39 is 0 Å². The normalized spacial score (nSPS) is 16.5. The maximum Gasteiger partial charge on any atom is 0.317 e. The molecule has 1 aromatic carbocycles. The highest BCUT2D eigenvalue weighted by Crippen LogP contribution is 2.40. The maximum atomic E-state index is 12.2. The van der Waals surface area contributed by atoms with E-state index in [-0.39, 0.29) is 6.03 Å². The Kier molecular flexibility index (Phi) is 6.44. The molecule has 6 heteroatoms. The average Bonchev–Trinajstić information content (AvgIpc) is 3.62. The van der Waals surface area contributed by atoms with Crippen molar-refractivity contribution in [3.63, 3.8) is 0 Å². The first kappa shape index (κ1) is 21.6. The molecule has 2 amide bonds. The standard InChI is InChI=1S/C25H35N5O/c1-5-22-21(16-20-15-17(3)7-8-18(20)4)24(28-23(27-22)19-9-10-19)29-11-13-30(14-12-29)25(31)26-6-2/h7-8,15,19H,5-6,9-14,16H2,1-4H3,(H,26,31). The van der Waals surface area contributed by atoms with Crippen molar-refractivity contribution in [1.82, 2.24) is 20.2 Å². The third kappa shape index (κ3) is 4.83. The summed E-state index contributed by atoms with van der Waals surface area (Å²) in [4.78, 5) is 26.7. The smallest absolute Gasteiger partial charge is 0.317 e. The Labute approximate surface area is 186 Å². The van der Waals surface area contributed by atoms with E-state index in [1.807, 2.05) is 11.8 Å². The van der Waals surface area contributed by atoms with Crippen LogP contribution in [0.3, 0.4) is 0 Å². The molecule has 166 valence electrons. The lowest BCUT2D eigenvalue weighted by Gasteiger charge is -2.36. The molecule has 0 radical (unpaired) electrons. The van der Waals surface area contributed by atoms with Crippen molar-refractivity contribution in [1.29, 1.82) is 0 Å². The van der Waals surface area contributed by atoms with Gasteiger partial charge in [-0.1, -0.05) is 30.7 Å². The largest absolute Gasteiger partial charge is 0.353 e. The highest BCUT2D eigenvalue weighted by atomic mass is 16.2. The summed E-state index contributed by atoms with van der Waals surface area (Å²) >= 11 is 0. The molecule has 2 aromatic rings. The maximum absolute atomic E-state index is 12.2. The van der Waals surface area contributed by atoms with Crippen LogP contribution in [0, 0.1) is 13.8 Å². The summed E-state index contributed by atoms with van der Waals surface area (Å²) in [6, 6.07) is 6.71. The number of nitrogens with zero attached hydrogens (tertiary/aromatic N) is 4. The van der Waals surface area contributed by atoms with Gasteiger partial charge in [0, 0.05) is 56.3 Å². The zero-order chi connectivity index (χ0) is 22.0. The molecule has 1 N–H and O–H groups in total. The number of anilines is 1. The van der Waals surface area contributed by atoms with Crippen LogP contribution in [0.15, 0.2) is 18.2 Å².